The third-order valence-electron chi connectivity index (χ3n) is 4.68. The highest BCUT2D eigenvalue weighted by molar-refractivity contribution is 14.0. The summed E-state index contributed by atoms with van der Waals surface area (Å²) in [5.41, 5.74) is 1.41. The second kappa shape index (κ2) is 10.6. The zero-order valence-corrected chi connectivity index (χ0v) is 18.7. The monoisotopic (exact) mass is 483 g/mol. The number of benzene rings is 1. The van der Waals surface area contributed by atoms with Crippen LogP contribution in [0.25, 0.3) is 0 Å². The van der Waals surface area contributed by atoms with Gasteiger partial charge in [-0.05, 0) is 18.9 Å². The first kappa shape index (κ1) is 21.7. The molecule has 1 unspecified atom stereocenters. The van der Waals surface area contributed by atoms with Crippen LogP contribution < -0.4 is 5.32 Å². The number of nitrogens with one attached hydrogen (secondary N) is 1. The summed E-state index contributed by atoms with van der Waals surface area (Å²) in [6.07, 6.45) is 1.83. The van der Waals surface area contributed by atoms with Crippen LogP contribution in [-0.2, 0) is 6.42 Å². The lowest BCUT2D eigenvalue weighted by atomic mass is 9.99. The van der Waals surface area contributed by atoms with Gasteiger partial charge in [0.2, 0.25) is 5.89 Å². The molecule has 27 heavy (non-hydrogen) atoms. The van der Waals surface area contributed by atoms with Crippen molar-refractivity contribution in [2.45, 2.75) is 45.4 Å². The number of rotatable bonds is 6. The van der Waals surface area contributed by atoms with Crippen LogP contribution in [0, 0.1) is 0 Å². The molecule has 1 fully saturated rings. The van der Waals surface area contributed by atoms with Gasteiger partial charge in [-0.1, -0.05) is 49.3 Å². The van der Waals surface area contributed by atoms with Crippen LogP contribution in [-0.4, -0.2) is 47.2 Å². The van der Waals surface area contributed by atoms with Gasteiger partial charge in [-0.2, -0.15) is 4.98 Å². The highest BCUT2D eigenvalue weighted by atomic mass is 127. The first-order valence-electron chi connectivity index (χ1n) is 9.58. The van der Waals surface area contributed by atoms with E-state index in [2.05, 4.69) is 71.5 Å². The Labute approximate surface area is 178 Å². The summed E-state index contributed by atoms with van der Waals surface area (Å²) < 4.78 is 5.30. The SMILES string of the molecule is CCNC(=NCCc1nc(C(C)C)no1)N1CCC(c2ccccc2)C1.I. The van der Waals surface area contributed by atoms with Crippen LogP contribution in [0.3, 0.4) is 0 Å². The fraction of sp³-hybridized carbons (Fsp3) is 0.550. The molecule has 1 aliphatic heterocycles. The fourth-order valence-electron chi connectivity index (χ4n) is 3.24. The van der Waals surface area contributed by atoms with Crippen molar-refractivity contribution in [3.63, 3.8) is 0 Å². The quantitative estimate of drug-likeness (QED) is 0.385. The van der Waals surface area contributed by atoms with E-state index in [-0.39, 0.29) is 29.9 Å². The molecular weight excluding hydrogens is 453 g/mol. The van der Waals surface area contributed by atoms with Crippen molar-refractivity contribution < 1.29 is 4.52 Å². The highest BCUT2D eigenvalue weighted by Crippen LogP contribution is 2.26. The second-order valence-electron chi connectivity index (χ2n) is 7.03. The topological polar surface area (TPSA) is 66.5 Å². The summed E-state index contributed by atoms with van der Waals surface area (Å²) >= 11 is 0. The van der Waals surface area contributed by atoms with Gasteiger partial charge in [0, 0.05) is 37.9 Å². The second-order valence-corrected chi connectivity index (χ2v) is 7.03. The molecule has 0 radical (unpaired) electrons. The summed E-state index contributed by atoms with van der Waals surface area (Å²) in [5, 5.41) is 7.43. The lowest BCUT2D eigenvalue weighted by molar-refractivity contribution is 0.372. The summed E-state index contributed by atoms with van der Waals surface area (Å²) in [6, 6.07) is 10.8. The average molecular weight is 483 g/mol. The number of hydrogen-bond donors (Lipinski definition) is 1. The Bertz CT molecular complexity index is 716. The van der Waals surface area contributed by atoms with Crippen molar-refractivity contribution in [3.8, 4) is 0 Å². The third-order valence-corrected chi connectivity index (χ3v) is 4.68. The van der Waals surface area contributed by atoms with E-state index in [4.69, 9.17) is 9.52 Å². The lowest BCUT2D eigenvalue weighted by Crippen LogP contribution is -2.40. The minimum atomic E-state index is 0. The smallest absolute Gasteiger partial charge is 0.228 e. The van der Waals surface area contributed by atoms with Crippen LogP contribution in [0.4, 0.5) is 0 Å². The van der Waals surface area contributed by atoms with Crippen molar-refractivity contribution in [1.29, 1.82) is 0 Å². The van der Waals surface area contributed by atoms with Gasteiger partial charge in [-0.25, -0.2) is 0 Å². The summed E-state index contributed by atoms with van der Waals surface area (Å²) in [4.78, 5) is 11.6. The summed E-state index contributed by atoms with van der Waals surface area (Å²) in [5.74, 6) is 3.27. The van der Waals surface area contributed by atoms with Gasteiger partial charge >= 0.3 is 0 Å². The molecule has 6 nitrogen and oxygen atoms in total. The number of halogens is 1. The molecule has 0 bridgehead atoms. The Hall–Kier alpha value is -1.64. The zero-order chi connectivity index (χ0) is 18.4. The molecule has 1 aromatic carbocycles. The Kier molecular flexibility index (Phi) is 8.53. The largest absolute Gasteiger partial charge is 0.357 e. The van der Waals surface area contributed by atoms with E-state index < -0.39 is 0 Å². The van der Waals surface area contributed by atoms with E-state index in [0.29, 0.717) is 24.8 Å². The first-order valence-corrected chi connectivity index (χ1v) is 9.58. The number of aliphatic imine (C=N–C) groups is 1. The van der Waals surface area contributed by atoms with Crippen LogP contribution in [0.15, 0.2) is 39.8 Å². The number of nitrogens with zero attached hydrogens (tertiary/aromatic N) is 4. The minimum Gasteiger partial charge on any atom is -0.357 e. The standard InChI is InChI=1S/C20H29N5O.HI/c1-4-21-20(22-12-10-18-23-19(15(2)3)24-26-18)25-13-11-17(14-25)16-8-6-5-7-9-16;/h5-9,15,17H,4,10-14H2,1-3H3,(H,21,22);1H. The van der Waals surface area contributed by atoms with E-state index in [9.17, 15) is 0 Å². The molecule has 1 N–H and O–H groups in total. The summed E-state index contributed by atoms with van der Waals surface area (Å²) in [7, 11) is 0. The number of guanidine groups is 1. The maximum Gasteiger partial charge on any atom is 0.228 e. The van der Waals surface area contributed by atoms with Crippen LogP contribution in [0.1, 0.15) is 56.3 Å². The molecule has 3 rings (SSSR count). The molecular formula is C20H30IN5O. The van der Waals surface area contributed by atoms with Gasteiger partial charge in [0.05, 0.1) is 6.54 Å². The molecule has 2 aromatic rings. The zero-order valence-electron chi connectivity index (χ0n) is 16.4. The predicted octanol–water partition coefficient (Wildman–Crippen LogP) is 3.81. The first-order chi connectivity index (χ1) is 12.7. The Morgan fingerprint density at radius 2 is 2.11 bits per heavy atom. The van der Waals surface area contributed by atoms with Gasteiger partial charge in [-0.15, -0.1) is 24.0 Å². The molecule has 1 aliphatic rings. The van der Waals surface area contributed by atoms with E-state index in [0.717, 1.165) is 37.8 Å². The molecule has 0 saturated carbocycles. The van der Waals surface area contributed by atoms with E-state index >= 15 is 0 Å². The number of hydrogen-bond acceptors (Lipinski definition) is 4. The fourth-order valence-corrected chi connectivity index (χ4v) is 3.24. The molecule has 148 valence electrons. The van der Waals surface area contributed by atoms with Gasteiger partial charge in [-0.3, -0.25) is 4.99 Å². The van der Waals surface area contributed by atoms with Crippen molar-refractivity contribution >= 4 is 29.9 Å². The lowest BCUT2D eigenvalue weighted by Gasteiger charge is -2.21. The van der Waals surface area contributed by atoms with Gasteiger partial charge in [0.15, 0.2) is 11.8 Å². The minimum absolute atomic E-state index is 0. The van der Waals surface area contributed by atoms with Gasteiger partial charge < -0.3 is 14.7 Å². The van der Waals surface area contributed by atoms with Gasteiger partial charge in [0.1, 0.15) is 0 Å². The Morgan fingerprint density at radius 1 is 1.33 bits per heavy atom. The van der Waals surface area contributed by atoms with Crippen LogP contribution in [0.2, 0.25) is 0 Å². The van der Waals surface area contributed by atoms with Crippen molar-refractivity contribution in [3.05, 3.63) is 47.6 Å². The van der Waals surface area contributed by atoms with Crippen molar-refractivity contribution in [2.24, 2.45) is 4.99 Å². The third kappa shape index (κ3) is 5.92. The average Bonchev–Trinajstić information content (AvgIpc) is 3.32. The molecule has 0 aliphatic carbocycles. The predicted molar refractivity (Wildman–Crippen MR) is 119 cm³/mol. The summed E-state index contributed by atoms with van der Waals surface area (Å²) in [6.45, 7) is 9.78. The van der Waals surface area contributed by atoms with Crippen molar-refractivity contribution in [2.75, 3.05) is 26.2 Å². The van der Waals surface area contributed by atoms with Crippen LogP contribution >= 0.6 is 24.0 Å². The molecule has 1 aromatic heterocycles. The Morgan fingerprint density at radius 3 is 2.78 bits per heavy atom. The Balaban J connectivity index is 0.00000261. The normalized spacial score (nSPS) is 17.3. The molecule has 7 heteroatoms. The molecule has 2 heterocycles. The van der Waals surface area contributed by atoms with Crippen LogP contribution in [0.5, 0.6) is 0 Å². The van der Waals surface area contributed by atoms with Crippen molar-refractivity contribution in [1.82, 2.24) is 20.4 Å². The number of likely N-dealkylation sites (tertiary alicyclic amines) is 1. The van der Waals surface area contributed by atoms with Gasteiger partial charge in [0.25, 0.3) is 0 Å². The number of aromatic nitrogens is 2. The van der Waals surface area contributed by atoms with E-state index in [1.807, 2.05) is 0 Å². The van der Waals surface area contributed by atoms with E-state index in [1.54, 1.807) is 0 Å². The molecule has 1 saturated heterocycles. The maximum atomic E-state index is 5.30. The molecule has 1 atom stereocenters. The maximum absolute atomic E-state index is 5.30. The molecule has 0 spiro atoms. The van der Waals surface area contributed by atoms with E-state index in [1.165, 1.54) is 5.56 Å². The highest BCUT2D eigenvalue weighted by Gasteiger charge is 2.25. The molecule has 0 amide bonds.